The summed E-state index contributed by atoms with van der Waals surface area (Å²) in [4.78, 5) is 35.5. The average molecular weight is 534 g/mol. The molecule has 3 aromatic rings. The van der Waals surface area contributed by atoms with Gasteiger partial charge < -0.3 is 14.8 Å². The van der Waals surface area contributed by atoms with Crippen LogP contribution in [-0.4, -0.2) is 78.1 Å². The Morgan fingerprint density at radius 1 is 1.16 bits per heavy atom. The number of amides is 2. The van der Waals surface area contributed by atoms with Crippen LogP contribution in [0.25, 0.3) is 5.52 Å². The van der Waals surface area contributed by atoms with Crippen molar-refractivity contribution in [2.75, 3.05) is 57.2 Å². The lowest BCUT2D eigenvalue weighted by molar-refractivity contribution is 0.0290. The molecule has 1 fully saturated rings. The van der Waals surface area contributed by atoms with Gasteiger partial charge in [-0.2, -0.15) is 5.10 Å². The van der Waals surface area contributed by atoms with E-state index < -0.39 is 29.2 Å². The fourth-order valence-electron chi connectivity index (χ4n) is 4.14. The predicted molar refractivity (Wildman–Crippen MR) is 133 cm³/mol. The lowest BCUT2D eigenvalue weighted by atomic mass is 10.0. The zero-order valence-electron chi connectivity index (χ0n) is 21.2. The number of nitrogens with one attached hydrogen (secondary N) is 3. The van der Waals surface area contributed by atoms with Crippen LogP contribution >= 0.6 is 0 Å². The third-order valence-electron chi connectivity index (χ3n) is 5.92. The molecule has 0 spiro atoms. The highest BCUT2D eigenvalue weighted by Crippen LogP contribution is 2.35. The van der Waals surface area contributed by atoms with E-state index in [4.69, 9.17) is 9.47 Å². The Morgan fingerprint density at radius 2 is 1.92 bits per heavy atom. The number of rotatable bonds is 9. The number of nitrogens with zero attached hydrogens (tertiary/aromatic N) is 4. The number of hydroxylamine groups is 1. The van der Waals surface area contributed by atoms with Crippen LogP contribution in [-0.2, 0) is 14.3 Å². The van der Waals surface area contributed by atoms with Crippen molar-refractivity contribution in [1.29, 1.82) is 0 Å². The molecular weight excluding hydrogens is 504 g/mol. The van der Waals surface area contributed by atoms with Crippen molar-refractivity contribution >= 4 is 34.7 Å². The monoisotopic (exact) mass is 533 g/mol. The Kier molecular flexibility index (Phi) is 8.66. The SMILES string of the molecule is CONC(=O)c1cc(Nc2ncnn3cc(NC(=O)OCCN4CCOCC4)c(C(C)C)c23)c(F)cc1F. The molecule has 1 aliphatic rings. The number of morpholine rings is 1. The molecule has 4 rings (SSSR count). The fraction of sp³-hybridized carbons (Fsp3) is 0.417. The Balaban J connectivity index is 1.57. The maximum atomic E-state index is 14.7. The highest BCUT2D eigenvalue weighted by Gasteiger charge is 2.23. The minimum Gasteiger partial charge on any atom is -0.448 e. The van der Waals surface area contributed by atoms with Crippen molar-refractivity contribution in [1.82, 2.24) is 25.0 Å². The molecule has 14 heteroatoms. The lowest BCUT2D eigenvalue weighted by Crippen LogP contribution is -2.38. The number of anilines is 3. The molecule has 1 saturated heterocycles. The molecule has 1 aliphatic heterocycles. The Hall–Kier alpha value is -3.88. The summed E-state index contributed by atoms with van der Waals surface area (Å²) in [6, 6.07) is 1.60. The molecule has 204 valence electrons. The molecule has 0 atom stereocenters. The third-order valence-corrected chi connectivity index (χ3v) is 5.92. The van der Waals surface area contributed by atoms with Crippen LogP contribution in [0.15, 0.2) is 24.7 Å². The van der Waals surface area contributed by atoms with E-state index in [0.717, 1.165) is 19.2 Å². The second-order valence-electron chi connectivity index (χ2n) is 8.80. The third kappa shape index (κ3) is 6.15. The van der Waals surface area contributed by atoms with Crippen molar-refractivity contribution in [2.24, 2.45) is 0 Å². The minimum absolute atomic E-state index is 0.115. The number of carbonyl (C=O) groups is 2. The van der Waals surface area contributed by atoms with Crippen LogP contribution < -0.4 is 16.1 Å². The summed E-state index contributed by atoms with van der Waals surface area (Å²) in [6.45, 7) is 7.51. The van der Waals surface area contributed by atoms with Crippen molar-refractivity contribution in [3.8, 4) is 0 Å². The van der Waals surface area contributed by atoms with E-state index >= 15 is 0 Å². The molecule has 1 aromatic carbocycles. The van der Waals surface area contributed by atoms with Gasteiger partial charge in [0.1, 0.15) is 30.1 Å². The Bertz CT molecular complexity index is 1310. The van der Waals surface area contributed by atoms with Crippen molar-refractivity contribution in [3.63, 3.8) is 0 Å². The van der Waals surface area contributed by atoms with Gasteiger partial charge in [-0.3, -0.25) is 19.8 Å². The summed E-state index contributed by atoms with van der Waals surface area (Å²) in [7, 11) is 1.20. The van der Waals surface area contributed by atoms with Gasteiger partial charge in [0.05, 0.1) is 43.5 Å². The first-order chi connectivity index (χ1) is 18.3. The number of fused-ring (bicyclic) bond motifs is 1. The number of hydrogen-bond donors (Lipinski definition) is 3. The molecule has 12 nitrogen and oxygen atoms in total. The molecule has 38 heavy (non-hydrogen) atoms. The van der Waals surface area contributed by atoms with E-state index in [1.807, 2.05) is 19.3 Å². The number of aromatic nitrogens is 3. The largest absolute Gasteiger partial charge is 0.448 e. The first-order valence-electron chi connectivity index (χ1n) is 12.0. The van der Waals surface area contributed by atoms with Crippen LogP contribution in [0.3, 0.4) is 0 Å². The number of benzene rings is 1. The number of halogens is 2. The van der Waals surface area contributed by atoms with E-state index in [2.05, 4.69) is 30.5 Å². The minimum atomic E-state index is -1.06. The zero-order chi connectivity index (χ0) is 27.2. The van der Waals surface area contributed by atoms with E-state index in [-0.39, 0.29) is 24.0 Å². The van der Waals surface area contributed by atoms with Gasteiger partial charge in [0.25, 0.3) is 5.91 Å². The zero-order valence-corrected chi connectivity index (χ0v) is 21.2. The summed E-state index contributed by atoms with van der Waals surface area (Å²) >= 11 is 0. The maximum Gasteiger partial charge on any atom is 0.411 e. The smallest absolute Gasteiger partial charge is 0.411 e. The molecule has 0 aliphatic carbocycles. The van der Waals surface area contributed by atoms with Gasteiger partial charge in [-0.05, 0) is 12.0 Å². The van der Waals surface area contributed by atoms with Crippen molar-refractivity contribution < 1.29 is 32.7 Å². The van der Waals surface area contributed by atoms with Crippen molar-refractivity contribution in [2.45, 2.75) is 19.8 Å². The second kappa shape index (κ2) is 12.1. The van der Waals surface area contributed by atoms with Crippen LogP contribution in [0.5, 0.6) is 0 Å². The first kappa shape index (κ1) is 27.2. The molecule has 3 heterocycles. The van der Waals surface area contributed by atoms with Gasteiger partial charge in [-0.1, -0.05) is 13.8 Å². The van der Waals surface area contributed by atoms with Crippen LogP contribution in [0.2, 0.25) is 0 Å². The van der Waals surface area contributed by atoms with Crippen LogP contribution in [0.1, 0.15) is 35.7 Å². The molecular formula is C24H29F2N7O5. The predicted octanol–water partition coefficient (Wildman–Crippen LogP) is 3.05. The van der Waals surface area contributed by atoms with E-state index in [0.29, 0.717) is 42.6 Å². The molecule has 2 amide bonds. The molecule has 0 radical (unpaired) electrons. The Morgan fingerprint density at radius 3 is 2.63 bits per heavy atom. The van der Waals surface area contributed by atoms with E-state index in [1.54, 1.807) is 6.20 Å². The molecule has 2 aromatic heterocycles. The summed E-state index contributed by atoms with van der Waals surface area (Å²) in [5.74, 6) is -2.81. The quantitative estimate of drug-likeness (QED) is 0.355. The Labute approximate surface area is 217 Å². The molecule has 3 N–H and O–H groups in total. The summed E-state index contributed by atoms with van der Waals surface area (Å²) in [6.07, 6.45) is 2.21. The second-order valence-corrected chi connectivity index (χ2v) is 8.80. The lowest BCUT2D eigenvalue weighted by Gasteiger charge is -2.26. The van der Waals surface area contributed by atoms with Crippen LogP contribution in [0, 0.1) is 11.6 Å². The standard InChI is InChI=1S/C24H29F2N7O5/c1-14(2)20-19(30-24(35)38-9-6-32-4-7-37-8-5-32)12-33-21(20)22(27-13-28-33)29-18-10-15(23(34)31-36-3)16(25)11-17(18)26/h10-14H,4-9H2,1-3H3,(H,30,35)(H,31,34)(H,27,28,29). The number of ether oxygens (including phenoxy) is 2. The van der Waals surface area contributed by atoms with E-state index in [9.17, 15) is 18.4 Å². The van der Waals surface area contributed by atoms with Crippen LogP contribution in [0.4, 0.5) is 30.8 Å². The average Bonchev–Trinajstić information content (AvgIpc) is 3.25. The normalized spacial score (nSPS) is 14.1. The van der Waals surface area contributed by atoms with Crippen molar-refractivity contribution in [3.05, 3.63) is 47.4 Å². The maximum absolute atomic E-state index is 14.7. The van der Waals surface area contributed by atoms with Gasteiger partial charge in [0.2, 0.25) is 0 Å². The highest BCUT2D eigenvalue weighted by molar-refractivity contribution is 5.95. The van der Waals surface area contributed by atoms with Gasteiger partial charge in [0, 0.05) is 31.3 Å². The summed E-state index contributed by atoms with van der Waals surface area (Å²) < 4.78 is 41.0. The van der Waals surface area contributed by atoms with Gasteiger partial charge in [0.15, 0.2) is 5.82 Å². The highest BCUT2D eigenvalue weighted by atomic mass is 19.1. The molecule has 0 saturated carbocycles. The summed E-state index contributed by atoms with van der Waals surface area (Å²) in [5, 5.41) is 9.78. The topological polar surface area (TPSA) is 131 Å². The van der Waals surface area contributed by atoms with E-state index in [1.165, 1.54) is 18.0 Å². The van der Waals surface area contributed by atoms with Gasteiger partial charge >= 0.3 is 6.09 Å². The molecule has 0 unspecified atom stereocenters. The number of hydrogen-bond acceptors (Lipinski definition) is 9. The molecule has 0 bridgehead atoms. The van der Waals surface area contributed by atoms with Gasteiger partial charge in [-0.25, -0.2) is 28.6 Å². The first-order valence-corrected chi connectivity index (χ1v) is 12.0. The van der Waals surface area contributed by atoms with Gasteiger partial charge in [-0.15, -0.1) is 0 Å². The fourth-order valence-corrected chi connectivity index (χ4v) is 4.14. The number of carbonyl (C=O) groups excluding carboxylic acids is 2. The summed E-state index contributed by atoms with van der Waals surface area (Å²) in [5.41, 5.74) is 2.95.